The zero-order chi connectivity index (χ0) is 19.8. The largest absolute Gasteiger partial charge is 0.496 e. The molecule has 0 unspecified atom stereocenters. The number of carbonyl (C=O) groups is 1. The molecule has 1 N–H and O–H groups in total. The van der Waals surface area contributed by atoms with Gasteiger partial charge in [-0.25, -0.2) is 0 Å². The summed E-state index contributed by atoms with van der Waals surface area (Å²) >= 11 is 0. The quantitative estimate of drug-likeness (QED) is 0.738. The van der Waals surface area contributed by atoms with E-state index in [1.54, 1.807) is 18.0 Å². The first-order chi connectivity index (χ1) is 13.5. The van der Waals surface area contributed by atoms with Crippen LogP contribution in [0.3, 0.4) is 0 Å². The van der Waals surface area contributed by atoms with Gasteiger partial charge in [0.1, 0.15) is 11.6 Å². The van der Waals surface area contributed by atoms with Crippen LogP contribution in [0.25, 0.3) is 0 Å². The molecule has 2 aromatic heterocycles. The van der Waals surface area contributed by atoms with Crippen molar-refractivity contribution in [3.05, 3.63) is 59.0 Å². The van der Waals surface area contributed by atoms with Crippen molar-refractivity contribution in [2.45, 2.75) is 38.6 Å². The van der Waals surface area contributed by atoms with E-state index in [2.05, 4.69) is 41.5 Å². The number of nitrogens with one attached hydrogen (secondary N) is 1. The highest BCUT2D eigenvalue weighted by atomic mass is 16.5. The van der Waals surface area contributed by atoms with Crippen LogP contribution < -0.4 is 10.1 Å². The molecule has 1 aliphatic heterocycles. The summed E-state index contributed by atoms with van der Waals surface area (Å²) in [6.07, 6.45) is 4.10. The van der Waals surface area contributed by atoms with Crippen molar-refractivity contribution in [3.8, 4) is 5.75 Å². The summed E-state index contributed by atoms with van der Waals surface area (Å²) in [5.41, 5.74) is 4.28. The fourth-order valence-corrected chi connectivity index (χ4v) is 3.94. The number of anilines is 1. The lowest BCUT2D eigenvalue weighted by Crippen LogP contribution is -2.25. The van der Waals surface area contributed by atoms with Crippen LogP contribution in [0.1, 0.15) is 54.5 Å². The molecule has 0 bridgehead atoms. The van der Waals surface area contributed by atoms with Crippen LogP contribution in [0.4, 0.5) is 5.82 Å². The molecule has 1 aliphatic rings. The second-order valence-electron chi connectivity index (χ2n) is 7.51. The Kier molecular flexibility index (Phi) is 4.66. The Morgan fingerprint density at radius 1 is 1.36 bits per heavy atom. The summed E-state index contributed by atoms with van der Waals surface area (Å²) in [7, 11) is 3.55. The van der Waals surface area contributed by atoms with Gasteiger partial charge < -0.3 is 10.1 Å². The van der Waals surface area contributed by atoms with Crippen molar-refractivity contribution in [3.63, 3.8) is 0 Å². The van der Waals surface area contributed by atoms with E-state index < -0.39 is 0 Å². The lowest BCUT2D eigenvalue weighted by Gasteiger charge is -2.25. The standard InChI is InChI=1S/C21H25N5O2/c1-13(2)20-19-16(11-18(27)23-21(19)25(3)24-20)14-6-7-17(28-4)15(10-14)12-26-9-5-8-22-26/h5-10,13,16H,11-12H2,1-4H3,(H,23,27)/t16-/m0/s1. The minimum absolute atomic E-state index is 0.0141. The van der Waals surface area contributed by atoms with E-state index in [1.807, 2.05) is 30.1 Å². The third kappa shape index (κ3) is 3.17. The molecule has 0 radical (unpaired) electrons. The molecule has 3 heterocycles. The van der Waals surface area contributed by atoms with Crippen LogP contribution in [-0.2, 0) is 18.4 Å². The van der Waals surface area contributed by atoms with E-state index in [4.69, 9.17) is 4.74 Å². The molecule has 0 aliphatic carbocycles. The number of nitrogens with zero attached hydrogens (tertiary/aromatic N) is 4. The Labute approximate surface area is 164 Å². The molecule has 0 saturated heterocycles. The predicted octanol–water partition coefficient (Wildman–Crippen LogP) is 3.27. The summed E-state index contributed by atoms with van der Waals surface area (Å²) in [4.78, 5) is 12.4. The Morgan fingerprint density at radius 2 is 2.18 bits per heavy atom. The molecule has 0 saturated carbocycles. The lowest BCUT2D eigenvalue weighted by molar-refractivity contribution is -0.116. The van der Waals surface area contributed by atoms with Gasteiger partial charge in [-0.1, -0.05) is 19.9 Å². The smallest absolute Gasteiger partial charge is 0.226 e. The Balaban J connectivity index is 1.80. The number of rotatable bonds is 5. The van der Waals surface area contributed by atoms with Gasteiger partial charge in [0.25, 0.3) is 0 Å². The monoisotopic (exact) mass is 379 g/mol. The van der Waals surface area contributed by atoms with E-state index in [-0.39, 0.29) is 17.7 Å². The van der Waals surface area contributed by atoms with Gasteiger partial charge in [-0.05, 0) is 29.7 Å². The Bertz CT molecular complexity index is 1000. The van der Waals surface area contributed by atoms with Gasteiger partial charge in [0.2, 0.25) is 5.91 Å². The zero-order valence-electron chi connectivity index (χ0n) is 16.6. The number of hydrogen-bond acceptors (Lipinski definition) is 4. The van der Waals surface area contributed by atoms with Crippen LogP contribution in [0.5, 0.6) is 5.75 Å². The average molecular weight is 379 g/mol. The van der Waals surface area contributed by atoms with Gasteiger partial charge in [0.05, 0.1) is 19.3 Å². The molecule has 3 aromatic rings. The van der Waals surface area contributed by atoms with Crippen molar-refractivity contribution in [1.29, 1.82) is 0 Å². The van der Waals surface area contributed by atoms with Crippen molar-refractivity contribution in [2.24, 2.45) is 7.05 Å². The number of ether oxygens (including phenoxy) is 1. The molecule has 1 amide bonds. The number of carbonyl (C=O) groups excluding carboxylic acids is 1. The first kappa shape index (κ1) is 18.3. The van der Waals surface area contributed by atoms with Crippen LogP contribution in [0.15, 0.2) is 36.7 Å². The molecule has 0 spiro atoms. The molecule has 1 atom stereocenters. The van der Waals surface area contributed by atoms with Gasteiger partial charge in [-0.15, -0.1) is 0 Å². The lowest BCUT2D eigenvalue weighted by atomic mass is 9.83. The van der Waals surface area contributed by atoms with Gasteiger partial charge in [-0.3, -0.25) is 14.2 Å². The van der Waals surface area contributed by atoms with Gasteiger partial charge >= 0.3 is 0 Å². The summed E-state index contributed by atoms with van der Waals surface area (Å²) in [5, 5.41) is 12.0. The average Bonchev–Trinajstić information content (AvgIpc) is 3.29. The number of hydrogen-bond donors (Lipinski definition) is 1. The predicted molar refractivity (Wildman–Crippen MR) is 107 cm³/mol. The van der Waals surface area contributed by atoms with E-state index in [9.17, 15) is 4.79 Å². The second kappa shape index (κ2) is 7.14. The summed E-state index contributed by atoms with van der Waals surface area (Å²) < 4.78 is 9.20. The number of amides is 1. The maximum absolute atomic E-state index is 12.4. The highest BCUT2D eigenvalue weighted by Crippen LogP contribution is 2.42. The first-order valence-corrected chi connectivity index (χ1v) is 9.48. The summed E-state index contributed by atoms with van der Waals surface area (Å²) in [6, 6.07) is 8.06. The molecule has 28 heavy (non-hydrogen) atoms. The maximum atomic E-state index is 12.4. The van der Waals surface area contributed by atoms with Crippen LogP contribution >= 0.6 is 0 Å². The molecule has 7 heteroatoms. The van der Waals surface area contributed by atoms with Crippen molar-refractivity contribution in [2.75, 3.05) is 12.4 Å². The SMILES string of the molecule is COc1ccc([C@@H]2CC(=O)Nc3c2c(C(C)C)nn3C)cc1Cn1cccn1. The van der Waals surface area contributed by atoms with E-state index in [0.717, 1.165) is 34.0 Å². The van der Waals surface area contributed by atoms with E-state index in [1.165, 1.54) is 0 Å². The number of fused-ring (bicyclic) bond motifs is 1. The maximum Gasteiger partial charge on any atom is 0.226 e. The van der Waals surface area contributed by atoms with Crippen LogP contribution in [0, 0.1) is 0 Å². The minimum atomic E-state index is -0.0304. The molecule has 1 aromatic carbocycles. The molecular weight excluding hydrogens is 354 g/mol. The first-order valence-electron chi connectivity index (χ1n) is 9.48. The van der Waals surface area contributed by atoms with Crippen molar-refractivity contribution in [1.82, 2.24) is 19.6 Å². The third-order valence-corrected chi connectivity index (χ3v) is 5.25. The normalized spacial score (nSPS) is 16.2. The van der Waals surface area contributed by atoms with Gasteiger partial charge in [-0.2, -0.15) is 10.2 Å². The van der Waals surface area contributed by atoms with E-state index in [0.29, 0.717) is 13.0 Å². The number of aryl methyl sites for hydroxylation is 1. The minimum Gasteiger partial charge on any atom is -0.496 e. The Morgan fingerprint density at radius 3 is 2.86 bits per heavy atom. The number of aromatic nitrogens is 4. The van der Waals surface area contributed by atoms with Crippen molar-refractivity contribution >= 4 is 11.7 Å². The third-order valence-electron chi connectivity index (χ3n) is 5.25. The van der Waals surface area contributed by atoms with E-state index >= 15 is 0 Å². The zero-order valence-corrected chi connectivity index (χ0v) is 16.6. The fraction of sp³-hybridized carbons (Fsp3) is 0.381. The van der Waals surface area contributed by atoms with Crippen LogP contribution in [-0.4, -0.2) is 32.6 Å². The molecule has 4 rings (SSSR count). The van der Waals surface area contributed by atoms with Gasteiger partial charge in [0.15, 0.2) is 0 Å². The highest BCUT2D eigenvalue weighted by molar-refractivity contribution is 5.94. The highest BCUT2D eigenvalue weighted by Gasteiger charge is 2.33. The van der Waals surface area contributed by atoms with Gasteiger partial charge in [0, 0.05) is 42.9 Å². The topological polar surface area (TPSA) is 74.0 Å². The number of methoxy groups -OCH3 is 1. The van der Waals surface area contributed by atoms with Crippen molar-refractivity contribution < 1.29 is 9.53 Å². The van der Waals surface area contributed by atoms with Crippen LogP contribution in [0.2, 0.25) is 0 Å². The molecule has 7 nitrogen and oxygen atoms in total. The summed E-state index contributed by atoms with van der Waals surface area (Å²) in [6.45, 7) is 4.88. The fourth-order valence-electron chi connectivity index (χ4n) is 3.94. The summed E-state index contributed by atoms with van der Waals surface area (Å²) in [5.74, 6) is 1.87. The molecule has 146 valence electrons. The second-order valence-corrected chi connectivity index (χ2v) is 7.51. The Hall–Kier alpha value is -3.09. The molecular formula is C21H25N5O2. The number of benzene rings is 1. The molecule has 0 fully saturated rings.